The van der Waals surface area contributed by atoms with E-state index in [0.29, 0.717) is 11.7 Å². The van der Waals surface area contributed by atoms with Gasteiger partial charge in [-0.15, -0.1) is 0 Å². The van der Waals surface area contributed by atoms with E-state index in [1.54, 1.807) is 13.8 Å². The number of esters is 2. The lowest BCUT2D eigenvalue weighted by Crippen LogP contribution is -2.28. The summed E-state index contributed by atoms with van der Waals surface area (Å²) in [6, 6.07) is 9.39. The van der Waals surface area contributed by atoms with E-state index in [1.165, 1.54) is 0 Å². The number of benzene rings is 1. The van der Waals surface area contributed by atoms with Crippen molar-refractivity contribution in [2.75, 3.05) is 13.2 Å². The summed E-state index contributed by atoms with van der Waals surface area (Å²) in [5.41, 5.74) is 0.833. The molecule has 0 atom stereocenters. The zero-order valence-corrected chi connectivity index (χ0v) is 13.7. The molecule has 0 bridgehead atoms. The molecule has 0 spiro atoms. The van der Waals surface area contributed by atoms with Crippen LogP contribution < -0.4 is 0 Å². The first kappa shape index (κ1) is 17.7. The molecule has 1 aromatic carbocycles. The molecule has 7 heteroatoms. The average Bonchev–Trinajstić information content (AvgIpc) is 3.05. The Morgan fingerprint density at radius 1 is 1.08 bits per heavy atom. The van der Waals surface area contributed by atoms with E-state index in [9.17, 15) is 9.59 Å². The molecule has 128 valence electrons. The fourth-order valence-electron chi connectivity index (χ4n) is 2.15. The van der Waals surface area contributed by atoms with Gasteiger partial charge in [0.15, 0.2) is 5.92 Å². The average molecular weight is 332 g/mol. The van der Waals surface area contributed by atoms with Crippen LogP contribution in [0.15, 0.2) is 34.9 Å². The lowest BCUT2D eigenvalue weighted by Gasteiger charge is -2.13. The second-order valence-corrected chi connectivity index (χ2v) is 4.97. The quantitative estimate of drug-likeness (QED) is 0.541. The summed E-state index contributed by atoms with van der Waals surface area (Å²) in [6.45, 7) is 3.77. The molecule has 2 aromatic rings. The first-order valence-electron chi connectivity index (χ1n) is 7.87. The van der Waals surface area contributed by atoms with Gasteiger partial charge in [0.2, 0.25) is 11.7 Å². The molecule has 0 radical (unpaired) electrons. The molecule has 0 unspecified atom stereocenters. The van der Waals surface area contributed by atoms with Crippen molar-refractivity contribution in [3.05, 3.63) is 36.2 Å². The second kappa shape index (κ2) is 8.81. The minimum atomic E-state index is -0.989. The van der Waals surface area contributed by atoms with Gasteiger partial charge in [-0.1, -0.05) is 35.5 Å². The monoisotopic (exact) mass is 332 g/mol. The predicted molar refractivity (Wildman–Crippen MR) is 84.8 cm³/mol. The third-order valence-electron chi connectivity index (χ3n) is 3.29. The van der Waals surface area contributed by atoms with Gasteiger partial charge in [-0.05, 0) is 20.3 Å². The molecule has 0 aliphatic heterocycles. The molecule has 0 saturated heterocycles. The number of hydrogen-bond donors (Lipinski definition) is 0. The van der Waals surface area contributed by atoms with Crippen LogP contribution in [0.25, 0.3) is 11.4 Å². The third-order valence-corrected chi connectivity index (χ3v) is 3.29. The Morgan fingerprint density at radius 3 is 2.29 bits per heavy atom. The predicted octanol–water partition coefficient (Wildman–Crippen LogP) is 2.41. The van der Waals surface area contributed by atoms with Gasteiger partial charge < -0.3 is 14.0 Å². The lowest BCUT2D eigenvalue weighted by atomic mass is 10.0. The Kier molecular flexibility index (Phi) is 6.48. The first-order chi connectivity index (χ1) is 11.7. The molecule has 0 amide bonds. The van der Waals surface area contributed by atoms with Crippen molar-refractivity contribution < 1.29 is 23.6 Å². The van der Waals surface area contributed by atoms with E-state index in [0.717, 1.165) is 5.56 Å². The molecule has 2 rings (SSSR count). The maximum absolute atomic E-state index is 11.9. The third kappa shape index (κ3) is 4.65. The van der Waals surface area contributed by atoms with Crippen LogP contribution in [-0.2, 0) is 25.5 Å². The number of rotatable bonds is 8. The van der Waals surface area contributed by atoms with Gasteiger partial charge in [0.1, 0.15) is 0 Å². The summed E-state index contributed by atoms with van der Waals surface area (Å²) in [4.78, 5) is 28.1. The number of carbonyl (C=O) groups is 2. The Labute approximate surface area is 140 Å². The van der Waals surface area contributed by atoms with E-state index < -0.39 is 17.9 Å². The molecule has 0 fully saturated rings. The van der Waals surface area contributed by atoms with Crippen molar-refractivity contribution >= 4 is 11.9 Å². The summed E-state index contributed by atoms with van der Waals surface area (Å²) in [7, 11) is 0. The first-order valence-corrected chi connectivity index (χ1v) is 7.87. The van der Waals surface area contributed by atoms with E-state index in [-0.39, 0.29) is 26.1 Å². The van der Waals surface area contributed by atoms with Crippen LogP contribution in [0.4, 0.5) is 0 Å². The summed E-state index contributed by atoms with van der Waals surface area (Å²) in [6.07, 6.45) is 0.468. The van der Waals surface area contributed by atoms with Crippen molar-refractivity contribution in [1.82, 2.24) is 10.1 Å². The molecule has 0 aliphatic rings. The van der Waals surface area contributed by atoms with Crippen molar-refractivity contribution in [1.29, 1.82) is 0 Å². The summed E-state index contributed by atoms with van der Waals surface area (Å²) in [5.74, 6) is -1.36. The topological polar surface area (TPSA) is 91.5 Å². The number of nitrogens with zero attached hydrogens (tertiary/aromatic N) is 2. The number of aryl methyl sites for hydroxylation is 1. The van der Waals surface area contributed by atoms with E-state index in [4.69, 9.17) is 14.0 Å². The van der Waals surface area contributed by atoms with Gasteiger partial charge in [-0.25, -0.2) is 0 Å². The van der Waals surface area contributed by atoms with Gasteiger partial charge in [-0.3, -0.25) is 9.59 Å². The van der Waals surface area contributed by atoms with Gasteiger partial charge in [0.25, 0.3) is 0 Å². The Hall–Kier alpha value is -2.70. The summed E-state index contributed by atoms with van der Waals surface area (Å²) < 4.78 is 15.0. The van der Waals surface area contributed by atoms with Gasteiger partial charge >= 0.3 is 11.9 Å². The maximum Gasteiger partial charge on any atom is 0.320 e. The van der Waals surface area contributed by atoms with Crippen LogP contribution in [0.1, 0.15) is 26.2 Å². The molecule has 0 aliphatic carbocycles. The van der Waals surface area contributed by atoms with Crippen LogP contribution in [0.3, 0.4) is 0 Å². The highest BCUT2D eigenvalue weighted by atomic mass is 16.6. The smallest absolute Gasteiger partial charge is 0.320 e. The molecule has 1 aromatic heterocycles. The zero-order chi connectivity index (χ0) is 17.4. The normalized spacial score (nSPS) is 10.6. The van der Waals surface area contributed by atoms with Crippen molar-refractivity contribution in [2.45, 2.75) is 26.7 Å². The molecule has 0 N–H and O–H groups in total. The Bertz CT molecular complexity index is 651. The molecular formula is C17H20N2O5. The van der Waals surface area contributed by atoms with E-state index in [2.05, 4.69) is 10.1 Å². The number of hydrogen-bond acceptors (Lipinski definition) is 7. The fraction of sp³-hybridized carbons (Fsp3) is 0.412. The van der Waals surface area contributed by atoms with Crippen molar-refractivity contribution in [2.24, 2.45) is 5.92 Å². The molecular weight excluding hydrogens is 312 g/mol. The second-order valence-electron chi connectivity index (χ2n) is 4.97. The largest absolute Gasteiger partial charge is 0.465 e. The zero-order valence-electron chi connectivity index (χ0n) is 13.7. The highest BCUT2D eigenvalue weighted by molar-refractivity contribution is 5.94. The minimum absolute atomic E-state index is 0.189. The summed E-state index contributed by atoms with van der Waals surface area (Å²) >= 11 is 0. The fourth-order valence-corrected chi connectivity index (χ4v) is 2.15. The lowest BCUT2D eigenvalue weighted by molar-refractivity contribution is -0.161. The summed E-state index contributed by atoms with van der Waals surface area (Å²) in [5, 5.41) is 3.91. The van der Waals surface area contributed by atoms with Crippen molar-refractivity contribution in [3.63, 3.8) is 0 Å². The Morgan fingerprint density at radius 2 is 1.71 bits per heavy atom. The van der Waals surface area contributed by atoms with Crippen LogP contribution in [-0.4, -0.2) is 35.3 Å². The maximum atomic E-state index is 11.9. The van der Waals surface area contributed by atoms with Crippen LogP contribution in [0.5, 0.6) is 0 Å². The SMILES string of the molecule is CCOC(=O)C(CCc1nc(-c2ccccc2)no1)C(=O)OCC. The Balaban J connectivity index is 2.02. The van der Waals surface area contributed by atoms with E-state index >= 15 is 0 Å². The van der Waals surface area contributed by atoms with Gasteiger partial charge in [0, 0.05) is 12.0 Å². The van der Waals surface area contributed by atoms with Gasteiger partial charge in [0.05, 0.1) is 13.2 Å². The molecule has 24 heavy (non-hydrogen) atoms. The highest BCUT2D eigenvalue weighted by Crippen LogP contribution is 2.17. The molecule has 0 saturated carbocycles. The van der Waals surface area contributed by atoms with E-state index in [1.807, 2.05) is 30.3 Å². The molecule has 7 nitrogen and oxygen atoms in total. The number of carbonyl (C=O) groups excluding carboxylic acids is 2. The van der Waals surface area contributed by atoms with Crippen LogP contribution >= 0.6 is 0 Å². The van der Waals surface area contributed by atoms with Crippen LogP contribution in [0, 0.1) is 5.92 Å². The number of ether oxygens (including phenoxy) is 2. The van der Waals surface area contributed by atoms with Gasteiger partial charge in [-0.2, -0.15) is 4.98 Å². The van der Waals surface area contributed by atoms with Crippen LogP contribution in [0.2, 0.25) is 0 Å². The molecule has 1 heterocycles. The highest BCUT2D eigenvalue weighted by Gasteiger charge is 2.30. The van der Waals surface area contributed by atoms with Crippen molar-refractivity contribution in [3.8, 4) is 11.4 Å². The minimum Gasteiger partial charge on any atom is -0.465 e. The number of aromatic nitrogens is 2. The standard InChI is InChI=1S/C17H20N2O5/c1-3-22-16(20)13(17(21)23-4-2)10-11-14-18-15(19-24-14)12-8-6-5-7-9-12/h5-9,13H,3-4,10-11H2,1-2H3.